The molecular formula is C16H23N5O3. The molecule has 2 atom stereocenters. The topological polar surface area (TPSA) is 98.7 Å². The van der Waals surface area contributed by atoms with Crippen molar-refractivity contribution >= 4 is 23.8 Å². The summed E-state index contributed by atoms with van der Waals surface area (Å²) in [6.45, 7) is 2.57. The number of carboxylic acids is 1. The van der Waals surface area contributed by atoms with Gasteiger partial charge < -0.3 is 14.9 Å². The van der Waals surface area contributed by atoms with Crippen LogP contribution in [-0.2, 0) is 4.79 Å². The third-order valence-corrected chi connectivity index (χ3v) is 5.10. The summed E-state index contributed by atoms with van der Waals surface area (Å²) in [7, 11) is 3.73. The minimum atomic E-state index is -0.790. The normalized spacial score (nSPS) is 25.5. The number of likely N-dealkylation sites (tertiary alicyclic amines) is 1. The Balaban J connectivity index is 1.74. The maximum Gasteiger partial charge on any atom is 0.324 e. The molecule has 3 rings (SSSR count). The first kappa shape index (κ1) is 16.5. The van der Waals surface area contributed by atoms with Crippen LogP contribution in [0.1, 0.15) is 25.0 Å². The van der Waals surface area contributed by atoms with Crippen molar-refractivity contribution in [3.05, 3.63) is 11.8 Å². The van der Waals surface area contributed by atoms with Gasteiger partial charge in [-0.2, -0.15) is 4.98 Å². The Bertz CT molecular complexity index is 678. The van der Waals surface area contributed by atoms with Gasteiger partial charge in [-0.25, -0.2) is 9.78 Å². The lowest BCUT2D eigenvalue weighted by atomic mass is 9.81. The fraction of sp³-hybridized carbons (Fsp3) is 0.625. The van der Waals surface area contributed by atoms with E-state index in [9.17, 15) is 14.7 Å². The number of carboxylic acid groups (broad SMARTS) is 1. The molecule has 2 amide bonds. The molecule has 0 radical (unpaired) electrons. The third kappa shape index (κ3) is 2.76. The number of carbonyl (C=O) groups excluding carboxylic acids is 1. The Morgan fingerprint density at radius 3 is 2.79 bits per heavy atom. The number of anilines is 2. The predicted octanol–water partition coefficient (Wildman–Crippen LogP) is 1.57. The van der Waals surface area contributed by atoms with Crippen LogP contribution in [0.5, 0.6) is 0 Å². The minimum Gasteiger partial charge on any atom is -0.481 e. The number of rotatable bonds is 3. The molecule has 0 spiro atoms. The zero-order valence-electron chi connectivity index (χ0n) is 14.2. The van der Waals surface area contributed by atoms with Crippen molar-refractivity contribution in [1.29, 1.82) is 0 Å². The van der Waals surface area contributed by atoms with Gasteiger partial charge in [0.1, 0.15) is 5.82 Å². The third-order valence-electron chi connectivity index (χ3n) is 5.10. The molecule has 1 aliphatic carbocycles. The highest BCUT2D eigenvalue weighted by Crippen LogP contribution is 2.48. The van der Waals surface area contributed by atoms with Crippen molar-refractivity contribution in [2.24, 2.45) is 11.3 Å². The number of aromatic nitrogens is 2. The van der Waals surface area contributed by atoms with Crippen molar-refractivity contribution in [2.75, 3.05) is 37.4 Å². The van der Waals surface area contributed by atoms with Gasteiger partial charge in [-0.15, -0.1) is 0 Å². The Kier molecular flexibility index (Phi) is 4.06. The van der Waals surface area contributed by atoms with Gasteiger partial charge in [0.25, 0.3) is 0 Å². The molecule has 2 fully saturated rings. The second-order valence-electron chi connectivity index (χ2n) is 6.95. The van der Waals surface area contributed by atoms with Gasteiger partial charge >= 0.3 is 12.0 Å². The van der Waals surface area contributed by atoms with E-state index >= 15 is 0 Å². The van der Waals surface area contributed by atoms with Crippen LogP contribution in [0.4, 0.5) is 16.6 Å². The van der Waals surface area contributed by atoms with E-state index in [4.69, 9.17) is 0 Å². The summed E-state index contributed by atoms with van der Waals surface area (Å²) in [4.78, 5) is 36.2. The van der Waals surface area contributed by atoms with E-state index in [1.54, 1.807) is 4.90 Å². The lowest BCUT2D eigenvalue weighted by Crippen LogP contribution is -2.39. The zero-order valence-corrected chi connectivity index (χ0v) is 14.2. The summed E-state index contributed by atoms with van der Waals surface area (Å²) < 4.78 is 0. The van der Waals surface area contributed by atoms with Crippen molar-refractivity contribution in [1.82, 2.24) is 14.9 Å². The second kappa shape index (κ2) is 5.92. The number of nitrogens with zero attached hydrogens (tertiary/aromatic N) is 4. The second-order valence-corrected chi connectivity index (χ2v) is 6.95. The van der Waals surface area contributed by atoms with Crippen LogP contribution in [0.3, 0.4) is 0 Å². The van der Waals surface area contributed by atoms with Gasteiger partial charge in [-0.3, -0.25) is 10.1 Å². The average molecular weight is 333 g/mol. The van der Waals surface area contributed by atoms with Crippen LogP contribution in [0, 0.1) is 18.3 Å². The molecule has 130 valence electrons. The highest BCUT2D eigenvalue weighted by Gasteiger charge is 2.55. The standard InChI is InChI=1S/C16H23N5O3/c1-10-7-12(20(2)3)18-14(17-10)19-15(24)21-8-11-5-4-6-16(11,9-21)13(22)23/h7,11H,4-6,8-9H2,1-3H3,(H,22,23)(H,17,18,19,24)/t11-,16+/m0/s1. The maximum atomic E-state index is 12.5. The molecule has 2 N–H and O–H groups in total. The summed E-state index contributed by atoms with van der Waals surface area (Å²) in [5.41, 5.74) is -0.0242. The van der Waals surface area contributed by atoms with Gasteiger partial charge in [-0.05, 0) is 25.7 Å². The van der Waals surface area contributed by atoms with Gasteiger partial charge in [0.2, 0.25) is 5.95 Å². The first-order valence-electron chi connectivity index (χ1n) is 8.14. The Morgan fingerprint density at radius 2 is 2.17 bits per heavy atom. The summed E-state index contributed by atoms with van der Waals surface area (Å²) >= 11 is 0. The average Bonchev–Trinajstić information content (AvgIpc) is 3.04. The van der Waals surface area contributed by atoms with Gasteiger partial charge in [0, 0.05) is 38.9 Å². The first-order valence-corrected chi connectivity index (χ1v) is 8.14. The highest BCUT2D eigenvalue weighted by atomic mass is 16.4. The van der Waals surface area contributed by atoms with Gasteiger partial charge in [0.15, 0.2) is 0 Å². The molecule has 8 heteroatoms. The lowest BCUT2D eigenvalue weighted by molar-refractivity contribution is -0.149. The van der Waals surface area contributed by atoms with Crippen LogP contribution in [-0.4, -0.2) is 59.2 Å². The van der Waals surface area contributed by atoms with E-state index in [2.05, 4.69) is 15.3 Å². The Morgan fingerprint density at radius 1 is 1.42 bits per heavy atom. The number of hydrogen-bond acceptors (Lipinski definition) is 5. The van der Waals surface area contributed by atoms with Crippen molar-refractivity contribution in [2.45, 2.75) is 26.2 Å². The minimum absolute atomic E-state index is 0.0384. The lowest BCUT2D eigenvalue weighted by Gasteiger charge is -2.23. The molecule has 8 nitrogen and oxygen atoms in total. The van der Waals surface area contributed by atoms with Crippen molar-refractivity contribution in [3.8, 4) is 0 Å². The van der Waals surface area contributed by atoms with E-state index in [1.807, 2.05) is 32.0 Å². The zero-order chi connectivity index (χ0) is 17.5. The summed E-state index contributed by atoms with van der Waals surface area (Å²) in [6.07, 6.45) is 2.42. The van der Waals surface area contributed by atoms with Crippen molar-refractivity contribution < 1.29 is 14.7 Å². The number of fused-ring (bicyclic) bond motifs is 1. The van der Waals surface area contributed by atoms with Crippen LogP contribution in [0.15, 0.2) is 6.07 Å². The molecule has 1 saturated heterocycles. The van der Waals surface area contributed by atoms with E-state index in [-0.39, 0.29) is 24.4 Å². The van der Waals surface area contributed by atoms with Crippen LogP contribution >= 0.6 is 0 Å². The van der Waals surface area contributed by atoms with Crippen molar-refractivity contribution in [3.63, 3.8) is 0 Å². The molecular weight excluding hydrogens is 310 g/mol. The Labute approximate surface area is 140 Å². The fourth-order valence-corrected chi connectivity index (χ4v) is 3.81. The number of aliphatic carboxylic acids is 1. The fourth-order valence-electron chi connectivity index (χ4n) is 3.81. The first-order chi connectivity index (χ1) is 11.3. The maximum absolute atomic E-state index is 12.5. The molecule has 0 aromatic carbocycles. The van der Waals surface area contributed by atoms with Gasteiger partial charge in [0.05, 0.1) is 5.41 Å². The number of nitrogens with one attached hydrogen (secondary N) is 1. The number of amides is 2. The van der Waals surface area contributed by atoms with Crippen LogP contribution < -0.4 is 10.2 Å². The van der Waals surface area contributed by atoms with Crippen LogP contribution in [0.25, 0.3) is 0 Å². The summed E-state index contributed by atoms with van der Waals surface area (Å²) in [6, 6.07) is 1.50. The Hall–Kier alpha value is -2.38. The number of urea groups is 1. The smallest absolute Gasteiger partial charge is 0.324 e. The van der Waals surface area contributed by atoms with E-state index in [1.165, 1.54) is 0 Å². The molecule has 1 aromatic rings. The van der Waals surface area contributed by atoms with Crippen LogP contribution in [0.2, 0.25) is 0 Å². The molecule has 0 unspecified atom stereocenters. The number of aryl methyl sites for hydroxylation is 1. The molecule has 0 bridgehead atoms. The largest absolute Gasteiger partial charge is 0.481 e. The van der Waals surface area contributed by atoms with E-state index in [0.717, 1.165) is 18.5 Å². The number of carbonyl (C=O) groups is 2. The van der Waals surface area contributed by atoms with E-state index < -0.39 is 11.4 Å². The van der Waals surface area contributed by atoms with Gasteiger partial charge in [-0.1, -0.05) is 6.42 Å². The quantitative estimate of drug-likeness (QED) is 0.871. The molecule has 1 saturated carbocycles. The van der Waals surface area contributed by atoms with E-state index in [0.29, 0.717) is 18.8 Å². The molecule has 2 heterocycles. The highest BCUT2D eigenvalue weighted by molar-refractivity contribution is 5.89. The molecule has 1 aliphatic heterocycles. The number of hydrogen-bond donors (Lipinski definition) is 2. The predicted molar refractivity (Wildman–Crippen MR) is 89.1 cm³/mol. The summed E-state index contributed by atoms with van der Waals surface area (Å²) in [5, 5.41) is 12.3. The SMILES string of the molecule is Cc1cc(N(C)C)nc(NC(=O)N2C[C@@H]3CCC[C@@]3(C(=O)O)C2)n1. The molecule has 24 heavy (non-hydrogen) atoms. The monoisotopic (exact) mass is 333 g/mol. The molecule has 2 aliphatic rings. The summed E-state index contributed by atoms with van der Waals surface area (Å²) in [5.74, 6) is 0.196. The molecule has 1 aromatic heterocycles.